The Balaban J connectivity index is 1.35. The fourth-order valence-corrected chi connectivity index (χ4v) is 3.87. The van der Waals surface area contributed by atoms with E-state index in [9.17, 15) is 4.79 Å². The average Bonchev–Trinajstić information content (AvgIpc) is 3.49. The summed E-state index contributed by atoms with van der Waals surface area (Å²) in [5, 5.41) is 10.4. The fraction of sp³-hybridized carbons (Fsp3) is 0.833. The standard InChI is InChI=1S/C24H44N4O/c1-3-4-5-6-7-8-9-10-11-12-13-14-15-16-19-25-24(29)26-23-20-22(21-17-18-21)27-28(23)2/h20-21H,3-19H2,1-2H3,(H2,25,26,29). The molecule has 1 heterocycles. The zero-order valence-corrected chi connectivity index (χ0v) is 19.0. The molecule has 0 spiro atoms. The van der Waals surface area contributed by atoms with E-state index in [0.717, 1.165) is 24.5 Å². The molecule has 1 aliphatic rings. The van der Waals surface area contributed by atoms with Crippen LogP contribution in [-0.4, -0.2) is 22.4 Å². The van der Waals surface area contributed by atoms with Crippen LogP contribution in [-0.2, 0) is 7.05 Å². The average molecular weight is 405 g/mol. The zero-order valence-electron chi connectivity index (χ0n) is 19.0. The molecule has 0 aliphatic heterocycles. The highest BCUT2D eigenvalue weighted by molar-refractivity contribution is 5.88. The number of hydrogen-bond donors (Lipinski definition) is 2. The Kier molecular flexibility index (Phi) is 11.8. The van der Waals surface area contributed by atoms with E-state index in [1.165, 1.54) is 96.3 Å². The van der Waals surface area contributed by atoms with Crippen molar-refractivity contribution in [3.63, 3.8) is 0 Å². The van der Waals surface area contributed by atoms with Crippen molar-refractivity contribution in [1.29, 1.82) is 0 Å². The van der Waals surface area contributed by atoms with E-state index < -0.39 is 0 Å². The Morgan fingerprint density at radius 3 is 1.97 bits per heavy atom. The van der Waals surface area contributed by atoms with Gasteiger partial charge in [0.05, 0.1) is 5.69 Å². The van der Waals surface area contributed by atoms with Gasteiger partial charge in [0, 0.05) is 25.6 Å². The summed E-state index contributed by atoms with van der Waals surface area (Å²) >= 11 is 0. The van der Waals surface area contributed by atoms with E-state index in [0.29, 0.717) is 5.92 Å². The monoisotopic (exact) mass is 404 g/mol. The van der Waals surface area contributed by atoms with E-state index >= 15 is 0 Å². The lowest BCUT2D eigenvalue weighted by molar-refractivity contribution is 0.251. The predicted molar refractivity (Wildman–Crippen MR) is 123 cm³/mol. The molecule has 1 saturated carbocycles. The quantitative estimate of drug-likeness (QED) is 0.277. The topological polar surface area (TPSA) is 59.0 Å². The molecular formula is C24H44N4O. The highest BCUT2D eigenvalue weighted by Crippen LogP contribution is 2.39. The molecule has 0 unspecified atom stereocenters. The third-order valence-corrected chi connectivity index (χ3v) is 5.95. The molecular weight excluding hydrogens is 360 g/mol. The molecule has 1 aliphatic carbocycles. The first-order valence-corrected chi connectivity index (χ1v) is 12.3. The van der Waals surface area contributed by atoms with Gasteiger partial charge in [-0.1, -0.05) is 90.4 Å². The molecule has 2 rings (SSSR count). The third kappa shape index (κ3) is 10.7. The predicted octanol–water partition coefficient (Wildman–Crippen LogP) is 6.90. The van der Waals surface area contributed by atoms with Gasteiger partial charge in [-0.3, -0.25) is 10.00 Å². The number of carbonyl (C=O) groups is 1. The molecule has 0 radical (unpaired) electrons. The SMILES string of the molecule is CCCCCCCCCCCCCCCCNC(=O)Nc1cc(C2CC2)nn1C. The lowest BCUT2D eigenvalue weighted by Gasteiger charge is -2.07. The van der Waals surface area contributed by atoms with Crippen molar-refractivity contribution in [2.75, 3.05) is 11.9 Å². The second kappa shape index (κ2) is 14.5. The summed E-state index contributed by atoms with van der Waals surface area (Å²) in [6.45, 7) is 3.03. The number of aryl methyl sites for hydroxylation is 1. The van der Waals surface area contributed by atoms with Gasteiger partial charge in [-0.2, -0.15) is 5.10 Å². The van der Waals surface area contributed by atoms with Crippen molar-refractivity contribution in [2.45, 2.75) is 116 Å². The molecule has 166 valence electrons. The number of carbonyl (C=O) groups excluding carboxylic acids is 1. The molecule has 2 N–H and O–H groups in total. The van der Waals surface area contributed by atoms with Crippen LogP contribution < -0.4 is 10.6 Å². The van der Waals surface area contributed by atoms with Crippen molar-refractivity contribution in [3.8, 4) is 0 Å². The van der Waals surface area contributed by atoms with Crippen LogP contribution >= 0.6 is 0 Å². The summed E-state index contributed by atoms with van der Waals surface area (Å²) in [4.78, 5) is 12.0. The first kappa shape index (κ1) is 23.8. The number of hydrogen-bond acceptors (Lipinski definition) is 2. The first-order chi connectivity index (χ1) is 14.2. The van der Waals surface area contributed by atoms with Crippen LogP contribution in [0.15, 0.2) is 6.07 Å². The van der Waals surface area contributed by atoms with Crippen LogP contribution in [0.3, 0.4) is 0 Å². The molecule has 0 bridgehead atoms. The highest BCUT2D eigenvalue weighted by atomic mass is 16.2. The number of anilines is 1. The Labute approximate surface area is 178 Å². The number of urea groups is 1. The maximum absolute atomic E-state index is 12.0. The summed E-state index contributed by atoms with van der Waals surface area (Å²) in [5.41, 5.74) is 1.11. The van der Waals surface area contributed by atoms with E-state index in [1.807, 2.05) is 13.1 Å². The zero-order chi connectivity index (χ0) is 20.7. The summed E-state index contributed by atoms with van der Waals surface area (Å²) < 4.78 is 1.76. The first-order valence-electron chi connectivity index (χ1n) is 12.3. The van der Waals surface area contributed by atoms with E-state index in [-0.39, 0.29) is 6.03 Å². The van der Waals surface area contributed by atoms with Gasteiger partial charge in [0.25, 0.3) is 0 Å². The Morgan fingerprint density at radius 1 is 0.931 bits per heavy atom. The summed E-state index contributed by atoms with van der Waals surface area (Å²) in [6.07, 6.45) is 21.4. The summed E-state index contributed by atoms with van der Waals surface area (Å²) in [5.74, 6) is 1.39. The molecule has 0 atom stereocenters. The van der Waals surface area contributed by atoms with Gasteiger partial charge in [-0.05, 0) is 19.3 Å². The number of nitrogens with zero attached hydrogens (tertiary/aromatic N) is 2. The largest absolute Gasteiger partial charge is 0.338 e. The summed E-state index contributed by atoms with van der Waals surface area (Å²) in [7, 11) is 1.88. The smallest absolute Gasteiger partial charge is 0.320 e. The Morgan fingerprint density at radius 2 is 1.45 bits per heavy atom. The molecule has 0 saturated heterocycles. The molecule has 5 nitrogen and oxygen atoms in total. The van der Waals surface area contributed by atoms with Gasteiger partial charge in [0.2, 0.25) is 0 Å². The van der Waals surface area contributed by atoms with Gasteiger partial charge in [-0.25, -0.2) is 4.79 Å². The van der Waals surface area contributed by atoms with Gasteiger partial charge >= 0.3 is 6.03 Å². The van der Waals surface area contributed by atoms with Crippen molar-refractivity contribution in [1.82, 2.24) is 15.1 Å². The van der Waals surface area contributed by atoms with Crippen molar-refractivity contribution >= 4 is 11.8 Å². The van der Waals surface area contributed by atoms with Crippen molar-refractivity contribution in [2.24, 2.45) is 7.05 Å². The maximum Gasteiger partial charge on any atom is 0.320 e. The lowest BCUT2D eigenvalue weighted by Crippen LogP contribution is -2.30. The second-order valence-electron chi connectivity index (χ2n) is 8.83. The molecule has 1 aromatic heterocycles. The van der Waals surface area contributed by atoms with Crippen LogP contribution in [0.5, 0.6) is 0 Å². The fourth-order valence-electron chi connectivity index (χ4n) is 3.87. The molecule has 2 amide bonds. The van der Waals surface area contributed by atoms with Gasteiger partial charge in [-0.15, -0.1) is 0 Å². The lowest BCUT2D eigenvalue weighted by atomic mass is 10.0. The number of amides is 2. The minimum atomic E-state index is -0.120. The molecule has 29 heavy (non-hydrogen) atoms. The van der Waals surface area contributed by atoms with Gasteiger partial charge < -0.3 is 5.32 Å². The Hall–Kier alpha value is -1.52. The third-order valence-electron chi connectivity index (χ3n) is 5.95. The van der Waals surface area contributed by atoms with E-state index in [4.69, 9.17) is 0 Å². The van der Waals surface area contributed by atoms with Crippen molar-refractivity contribution in [3.05, 3.63) is 11.8 Å². The van der Waals surface area contributed by atoms with Crippen LogP contribution in [0.25, 0.3) is 0 Å². The highest BCUT2D eigenvalue weighted by Gasteiger charge is 2.27. The molecule has 5 heteroatoms. The number of aromatic nitrogens is 2. The van der Waals surface area contributed by atoms with Crippen LogP contribution in [0.2, 0.25) is 0 Å². The second-order valence-corrected chi connectivity index (χ2v) is 8.83. The minimum Gasteiger partial charge on any atom is -0.338 e. The van der Waals surface area contributed by atoms with Crippen LogP contribution in [0, 0.1) is 0 Å². The van der Waals surface area contributed by atoms with Gasteiger partial charge in [0.15, 0.2) is 0 Å². The number of rotatable bonds is 17. The molecule has 1 fully saturated rings. The van der Waals surface area contributed by atoms with Crippen molar-refractivity contribution < 1.29 is 4.79 Å². The normalized spacial score (nSPS) is 13.6. The van der Waals surface area contributed by atoms with Crippen LogP contribution in [0.4, 0.5) is 10.6 Å². The summed E-state index contributed by atoms with van der Waals surface area (Å²) in [6, 6.07) is 1.88. The number of unbranched alkanes of at least 4 members (excludes halogenated alkanes) is 13. The van der Waals surface area contributed by atoms with Crippen LogP contribution in [0.1, 0.15) is 121 Å². The number of nitrogens with one attached hydrogen (secondary N) is 2. The Bertz CT molecular complexity index is 565. The van der Waals surface area contributed by atoms with E-state index in [1.54, 1.807) is 4.68 Å². The minimum absolute atomic E-state index is 0.120. The molecule has 0 aromatic carbocycles. The van der Waals surface area contributed by atoms with Gasteiger partial charge in [0.1, 0.15) is 5.82 Å². The van der Waals surface area contributed by atoms with E-state index in [2.05, 4.69) is 22.7 Å². The maximum atomic E-state index is 12.0. The molecule has 1 aromatic rings.